The molecule has 0 aliphatic heterocycles. The number of nitrogens with one attached hydrogen (secondary N) is 1. The molecule has 0 aliphatic rings. The van der Waals surface area contributed by atoms with E-state index < -0.39 is 5.54 Å². The van der Waals surface area contributed by atoms with Gasteiger partial charge >= 0.3 is 0 Å². The fourth-order valence-corrected chi connectivity index (χ4v) is 2.23. The molecule has 1 atom stereocenters. The fraction of sp³-hybridized carbons (Fsp3) is 0.286. The van der Waals surface area contributed by atoms with Crippen molar-refractivity contribution in [2.45, 2.75) is 26.3 Å². The molecule has 0 aliphatic carbocycles. The third-order valence-corrected chi connectivity index (χ3v) is 4.31. The molecule has 134 valence electrons. The van der Waals surface area contributed by atoms with Crippen LogP contribution >= 0.6 is 0 Å². The molecule has 0 saturated heterocycles. The smallest absolute Gasteiger partial charge is 0.259 e. The Morgan fingerprint density at radius 2 is 1.65 bits per heavy atom. The molecule has 0 bridgehead atoms. The van der Waals surface area contributed by atoms with Crippen LogP contribution in [0.2, 0.25) is 0 Å². The first-order valence-corrected chi connectivity index (χ1v) is 8.40. The molecule has 0 radical (unpaired) electrons. The lowest BCUT2D eigenvalue weighted by molar-refractivity contribution is -0.124. The Kier molecular flexibility index (Phi) is 6.13. The van der Waals surface area contributed by atoms with Crippen molar-refractivity contribution in [3.05, 3.63) is 65.7 Å². The highest BCUT2D eigenvalue weighted by atomic mass is 16.5. The number of carbonyl (C=O) groups excluding carboxylic acids is 2. The van der Waals surface area contributed by atoms with Crippen molar-refractivity contribution in [1.29, 1.82) is 5.26 Å². The highest BCUT2D eigenvalue weighted by Crippen LogP contribution is 2.17. The molecule has 2 rings (SSSR count). The van der Waals surface area contributed by atoms with Gasteiger partial charge in [-0.1, -0.05) is 44.2 Å². The standard InChI is InChI=1S/C21H22N2O3/c1-15(2)21(3,14-22)23-19(24)13-26-18-11-9-17(10-12-18)20(25)16-7-5-4-6-8-16/h4-12,15H,13H2,1-3H3,(H,23,24)/t21-/m1/s1. The van der Waals surface area contributed by atoms with E-state index in [1.165, 1.54) is 0 Å². The van der Waals surface area contributed by atoms with Gasteiger partial charge in [-0.25, -0.2) is 0 Å². The molecule has 0 fully saturated rings. The Labute approximate surface area is 153 Å². The number of carbonyl (C=O) groups is 2. The summed E-state index contributed by atoms with van der Waals surface area (Å²) in [6.45, 7) is 5.22. The topological polar surface area (TPSA) is 79.2 Å². The second-order valence-corrected chi connectivity index (χ2v) is 6.53. The van der Waals surface area contributed by atoms with Crippen LogP contribution in [-0.4, -0.2) is 23.8 Å². The quantitative estimate of drug-likeness (QED) is 0.777. The molecule has 0 saturated carbocycles. The number of nitriles is 1. The number of ether oxygens (including phenoxy) is 1. The lowest BCUT2D eigenvalue weighted by atomic mass is 9.90. The van der Waals surface area contributed by atoms with Crippen LogP contribution in [0.5, 0.6) is 5.75 Å². The summed E-state index contributed by atoms with van der Waals surface area (Å²) in [5, 5.41) is 11.9. The molecule has 0 unspecified atom stereocenters. The average molecular weight is 350 g/mol. The molecule has 5 heteroatoms. The van der Waals surface area contributed by atoms with Crippen molar-refractivity contribution < 1.29 is 14.3 Å². The highest BCUT2D eigenvalue weighted by Gasteiger charge is 2.29. The lowest BCUT2D eigenvalue weighted by Crippen LogP contribution is -2.50. The molecular formula is C21H22N2O3. The van der Waals surface area contributed by atoms with Crippen LogP contribution in [0, 0.1) is 17.2 Å². The van der Waals surface area contributed by atoms with Crippen LogP contribution in [0.3, 0.4) is 0 Å². The Morgan fingerprint density at radius 3 is 2.19 bits per heavy atom. The van der Waals surface area contributed by atoms with Gasteiger partial charge in [-0.3, -0.25) is 9.59 Å². The van der Waals surface area contributed by atoms with Crippen molar-refractivity contribution in [3.8, 4) is 11.8 Å². The predicted octanol–water partition coefficient (Wildman–Crippen LogP) is 3.35. The van der Waals surface area contributed by atoms with Gasteiger partial charge in [-0.05, 0) is 37.1 Å². The summed E-state index contributed by atoms with van der Waals surface area (Å²) in [6.07, 6.45) is 0. The van der Waals surface area contributed by atoms with Gasteiger partial charge in [0.2, 0.25) is 0 Å². The number of hydrogen-bond acceptors (Lipinski definition) is 4. The third kappa shape index (κ3) is 4.70. The number of hydrogen-bond donors (Lipinski definition) is 1. The monoisotopic (exact) mass is 350 g/mol. The van der Waals surface area contributed by atoms with E-state index in [1.54, 1.807) is 43.3 Å². The molecule has 2 aromatic rings. The minimum absolute atomic E-state index is 0.0280. The van der Waals surface area contributed by atoms with Crippen molar-refractivity contribution >= 4 is 11.7 Å². The first-order chi connectivity index (χ1) is 12.4. The van der Waals surface area contributed by atoms with Gasteiger partial charge < -0.3 is 10.1 Å². The van der Waals surface area contributed by atoms with Gasteiger partial charge in [0.15, 0.2) is 12.4 Å². The van der Waals surface area contributed by atoms with Gasteiger partial charge in [0.05, 0.1) is 6.07 Å². The van der Waals surface area contributed by atoms with Gasteiger partial charge in [-0.15, -0.1) is 0 Å². The predicted molar refractivity (Wildman–Crippen MR) is 98.8 cm³/mol. The third-order valence-electron chi connectivity index (χ3n) is 4.31. The summed E-state index contributed by atoms with van der Waals surface area (Å²) < 4.78 is 5.45. The summed E-state index contributed by atoms with van der Waals surface area (Å²) in [5.74, 6) is 0.0107. The molecule has 2 aromatic carbocycles. The Bertz CT molecular complexity index is 807. The van der Waals surface area contributed by atoms with Crippen LogP contribution < -0.4 is 10.1 Å². The largest absolute Gasteiger partial charge is 0.484 e. The maximum atomic E-state index is 12.3. The second-order valence-electron chi connectivity index (χ2n) is 6.53. The van der Waals surface area contributed by atoms with Crippen LogP contribution in [-0.2, 0) is 4.79 Å². The summed E-state index contributed by atoms with van der Waals surface area (Å²) in [4.78, 5) is 24.4. The fourth-order valence-electron chi connectivity index (χ4n) is 2.23. The Balaban J connectivity index is 1.95. The molecule has 0 aromatic heterocycles. The number of nitrogens with zero attached hydrogens (tertiary/aromatic N) is 1. The lowest BCUT2D eigenvalue weighted by Gasteiger charge is -2.27. The van der Waals surface area contributed by atoms with Crippen LogP contribution in [0.1, 0.15) is 36.7 Å². The van der Waals surface area contributed by atoms with Gasteiger partial charge in [0.25, 0.3) is 5.91 Å². The van der Waals surface area contributed by atoms with E-state index in [9.17, 15) is 14.9 Å². The van der Waals surface area contributed by atoms with E-state index in [1.807, 2.05) is 32.0 Å². The second kappa shape index (κ2) is 8.30. The van der Waals surface area contributed by atoms with Gasteiger partial charge in [0.1, 0.15) is 11.3 Å². The van der Waals surface area contributed by atoms with Crippen molar-refractivity contribution in [3.63, 3.8) is 0 Å². The minimum Gasteiger partial charge on any atom is -0.484 e. The Hall–Kier alpha value is -3.13. The van der Waals surface area contributed by atoms with Crippen LogP contribution in [0.25, 0.3) is 0 Å². The zero-order valence-electron chi connectivity index (χ0n) is 15.2. The molecule has 1 amide bonds. The minimum atomic E-state index is -0.938. The number of ketones is 1. The van der Waals surface area contributed by atoms with Crippen LogP contribution in [0.15, 0.2) is 54.6 Å². The van der Waals surface area contributed by atoms with Crippen molar-refractivity contribution in [2.24, 2.45) is 5.92 Å². The molecule has 1 N–H and O–H groups in total. The average Bonchev–Trinajstić information content (AvgIpc) is 2.66. The molecule has 0 heterocycles. The Morgan fingerprint density at radius 1 is 1.08 bits per heavy atom. The number of rotatable bonds is 7. The van der Waals surface area contributed by atoms with Crippen molar-refractivity contribution in [1.82, 2.24) is 5.32 Å². The maximum Gasteiger partial charge on any atom is 0.259 e. The van der Waals surface area contributed by atoms with E-state index >= 15 is 0 Å². The van der Waals surface area contributed by atoms with E-state index in [-0.39, 0.29) is 24.2 Å². The van der Waals surface area contributed by atoms with E-state index in [0.29, 0.717) is 16.9 Å². The summed E-state index contributed by atoms with van der Waals surface area (Å²) in [7, 11) is 0. The zero-order valence-corrected chi connectivity index (χ0v) is 15.2. The van der Waals surface area contributed by atoms with Gasteiger partial charge in [-0.2, -0.15) is 5.26 Å². The van der Waals surface area contributed by atoms with Crippen LogP contribution in [0.4, 0.5) is 0 Å². The van der Waals surface area contributed by atoms with Crippen molar-refractivity contribution in [2.75, 3.05) is 6.61 Å². The summed E-state index contributed by atoms with van der Waals surface area (Å²) >= 11 is 0. The van der Waals surface area contributed by atoms with E-state index in [4.69, 9.17) is 4.74 Å². The highest BCUT2D eigenvalue weighted by molar-refractivity contribution is 6.08. The zero-order chi connectivity index (χ0) is 19.2. The first kappa shape index (κ1) is 19.2. The SMILES string of the molecule is CC(C)[C@@](C)(C#N)NC(=O)COc1ccc(C(=O)c2ccccc2)cc1. The summed E-state index contributed by atoms with van der Waals surface area (Å²) in [5.41, 5.74) is 0.224. The molecule has 26 heavy (non-hydrogen) atoms. The van der Waals surface area contributed by atoms with E-state index in [0.717, 1.165) is 0 Å². The number of benzene rings is 2. The normalized spacial score (nSPS) is 12.7. The van der Waals surface area contributed by atoms with E-state index in [2.05, 4.69) is 11.4 Å². The molecule has 5 nitrogen and oxygen atoms in total. The summed E-state index contributed by atoms with van der Waals surface area (Å²) in [6, 6.07) is 17.7. The molecular weight excluding hydrogens is 328 g/mol. The van der Waals surface area contributed by atoms with Gasteiger partial charge in [0, 0.05) is 11.1 Å². The first-order valence-electron chi connectivity index (χ1n) is 8.40. The molecule has 0 spiro atoms. The maximum absolute atomic E-state index is 12.3. The number of amides is 1.